The number of aldehydes is 1. The first kappa shape index (κ1) is 26.3. The van der Waals surface area contributed by atoms with Crippen molar-refractivity contribution in [3.8, 4) is 28.4 Å². The topological polar surface area (TPSA) is 150 Å². The summed E-state index contributed by atoms with van der Waals surface area (Å²) in [4.78, 5) is 50.1. The number of hydrogen-bond acceptors (Lipinski definition) is 10. The maximum Gasteiger partial charge on any atom is 0.263 e. The van der Waals surface area contributed by atoms with Gasteiger partial charge in [-0.05, 0) is 12.5 Å². The standard InChI is InChI=1S/C28H25ClN6O7/c29-18-10-30-21(33-4-6-40-7-5-33)9-19(18)31-22(37)12-34-11-17(23-27(34)32-20-2-1-3-35(20)28(23)39)16-8-15(13-36)24(38)26-25(16)41-14-42-26/h8-11,13,38H,1-7,12,14H2,(H,30,31,37). The number of nitrogens with one attached hydrogen (secondary N) is 1. The van der Waals surface area contributed by atoms with Crippen molar-refractivity contribution in [2.75, 3.05) is 43.3 Å². The average Bonchev–Trinajstić information content (AvgIpc) is 3.75. The van der Waals surface area contributed by atoms with E-state index in [2.05, 4.69) is 15.2 Å². The van der Waals surface area contributed by atoms with E-state index < -0.39 is 5.91 Å². The van der Waals surface area contributed by atoms with Crippen molar-refractivity contribution in [3.63, 3.8) is 0 Å². The zero-order chi connectivity index (χ0) is 29.0. The highest BCUT2D eigenvalue weighted by Crippen LogP contribution is 2.49. The first-order valence-electron chi connectivity index (χ1n) is 13.4. The van der Waals surface area contributed by atoms with Crippen LogP contribution in [0, 0.1) is 0 Å². The number of benzene rings is 1. The summed E-state index contributed by atoms with van der Waals surface area (Å²) in [7, 11) is 0. The summed E-state index contributed by atoms with van der Waals surface area (Å²) < 4.78 is 19.7. The van der Waals surface area contributed by atoms with E-state index in [0.717, 1.165) is 6.42 Å². The fraction of sp³-hybridized carbons (Fsp3) is 0.321. The molecule has 3 aliphatic rings. The molecule has 0 atom stereocenters. The summed E-state index contributed by atoms with van der Waals surface area (Å²) in [6.45, 7) is 2.70. The second kappa shape index (κ2) is 10.3. The van der Waals surface area contributed by atoms with Gasteiger partial charge in [-0.25, -0.2) is 9.97 Å². The smallest absolute Gasteiger partial charge is 0.263 e. The number of carbonyl (C=O) groups is 2. The molecule has 13 nitrogen and oxygen atoms in total. The number of phenols is 1. The lowest BCUT2D eigenvalue weighted by Crippen LogP contribution is -2.36. The molecule has 1 saturated heterocycles. The van der Waals surface area contributed by atoms with Crippen molar-refractivity contribution in [1.29, 1.82) is 0 Å². The van der Waals surface area contributed by atoms with Crippen molar-refractivity contribution in [2.24, 2.45) is 0 Å². The van der Waals surface area contributed by atoms with Gasteiger partial charge >= 0.3 is 0 Å². The molecule has 3 aromatic heterocycles. The van der Waals surface area contributed by atoms with E-state index in [4.69, 9.17) is 30.8 Å². The van der Waals surface area contributed by atoms with Crippen LogP contribution in [-0.2, 0) is 29.0 Å². The highest BCUT2D eigenvalue weighted by Gasteiger charge is 2.30. The van der Waals surface area contributed by atoms with Crippen LogP contribution in [0.2, 0.25) is 5.02 Å². The SMILES string of the molecule is O=Cc1cc(-c2cn(CC(=O)Nc3cc(N4CCOCC4)ncc3Cl)c3nc4n(c(=O)c23)CCC4)c2c(c1O)OCO2. The number of rotatable bonds is 6. The van der Waals surface area contributed by atoms with Gasteiger partial charge in [-0.2, -0.15) is 0 Å². The summed E-state index contributed by atoms with van der Waals surface area (Å²) in [5.74, 6) is 0.787. The zero-order valence-electron chi connectivity index (χ0n) is 22.3. The second-order valence-electron chi connectivity index (χ2n) is 10.2. The molecule has 3 aliphatic heterocycles. The Labute approximate surface area is 243 Å². The van der Waals surface area contributed by atoms with Crippen molar-refractivity contribution in [1.82, 2.24) is 19.1 Å². The summed E-state index contributed by atoms with van der Waals surface area (Å²) in [6, 6.07) is 3.16. The van der Waals surface area contributed by atoms with Crippen LogP contribution in [0.1, 0.15) is 22.6 Å². The first-order valence-corrected chi connectivity index (χ1v) is 13.8. The minimum atomic E-state index is -0.397. The molecule has 216 valence electrons. The van der Waals surface area contributed by atoms with E-state index >= 15 is 0 Å². The maximum absolute atomic E-state index is 13.7. The number of aryl methyl sites for hydroxylation is 1. The van der Waals surface area contributed by atoms with E-state index in [1.165, 1.54) is 12.3 Å². The largest absolute Gasteiger partial charge is 0.504 e. The Hall–Kier alpha value is -4.62. The third-order valence-corrected chi connectivity index (χ3v) is 7.97. The van der Waals surface area contributed by atoms with E-state index in [0.29, 0.717) is 79.7 Å². The highest BCUT2D eigenvalue weighted by molar-refractivity contribution is 6.33. The molecule has 14 heteroatoms. The minimum Gasteiger partial charge on any atom is -0.504 e. The van der Waals surface area contributed by atoms with Crippen LogP contribution in [0.3, 0.4) is 0 Å². The Kier molecular flexibility index (Phi) is 6.47. The second-order valence-corrected chi connectivity index (χ2v) is 10.6. The fourth-order valence-electron chi connectivity index (χ4n) is 5.65. The first-order chi connectivity index (χ1) is 20.4. The van der Waals surface area contributed by atoms with Crippen molar-refractivity contribution in [3.05, 3.63) is 51.3 Å². The van der Waals surface area contributed by atoms with Gasteiger partial charge in [0.2, 0.25) is 18.4 Å². The maximum atomic E-state index is 13.7. The van der Waals surface area contributed by atoms with Crippen LogP contribution in [0.5, 0.6) is 17.2 Å². The van der Waals surface area contributed by atoms with Gasteiger partial charge in [0, 0.05) is 49.4 Å². The van der Waals surface area contributed by atoms with Gasteiger partial charge in [-0.3, -0.25) is 19.0 Å². The normalized spacial score (nSPS) is 15.7. The molecule has 0 spiro atoms. The van der Waals surface area contributed by atoms with Crippen LogP contribution in [0.25, 0.3) is 22.2 Å². The van der Waals surface area contributed by atoms with Crippen molar-refractivity contribution < 1.29 is 28.9 Å². The fourth-order valence-corrected chi connectivity index (χ4v) is 5.80. The van der Waals surface area contributed by atoms with Crippen LogP contribution in [0.15, 0.2) is 29.3 Å². The third kappa shape index (κ3) is 4.32. The Morgan fingerprint density at radius 1 is 1.14 bits per heavy atom. The number of nitrogens with zero attached hydrogens (tertiary/aromatic N) is 5. The lowest BCUT2D eigenvalue weighted by Gasteiger charge is -2.28. The predicted octanol–water partition coefficient (Wildman–Crippen LogP) is 2.58. The molecule has 1 amide bonds. The number of anilines is 2. The van der Waals surface area contributed by atoms with Crippen molar-refractivity contribution >= 4 is 46.3 Å². The van der Waals surface area contributed by atoms with Gasteiger partial charge in [0.25, 0.3) is 5.56 Å². The zero-order valence-corrected chi connectivity index (χ0v) is 23.0. The van der Waals surface area contributed by atoms with Crippen LogP contribution >= 0.6 is 11.6 Å². The molecule has 2 N–H and O–H groups in total. The molecule has 0 aliphatic carbocycles. The Bertz CT molecular complexity index is 1830. The molecule has 7 rings (SSSR count). The Morgan fingerprint density at radius 3 is 2.76 bits per heavy atom. The number of carbonyl (C=O) groups excluding carboxylic acids is 2. The van der Waals surface area contributed by atoms with Gasteiger partial charge in [-0.15, -0.1) is 0 Å². The molecule has 4 aromatic rings. The number of amides is 1. The van der Waals surface area contributed by atoms with Gasteiger partial charge in [-0.1, -0.05) is 11.6 Å². The average molecular weight is 593 g/mol. The highest BCUT2D eigenvalue weighted by atomic mass is 35.5. The van der Waals surface area contributed by atoms with Crippen LogP contribution in [0.4, 0.5) is 11.5 Å². The molecule has 6 heterocycles. The summed E-state index contributed by atoms with van der Waals surface area (Å²) >= 11 is 6.38. The minimum absolute atomic E-state index is 0.0193. The lowest BCUT2D eigenvalue weighted by molar-refractivity contribution is -0.116. The third-order valence-electron chi connectivity index (χ3n) is 7.66. The molecule has 1 fully saturated rings. The van der Waals surface area contributed by atoms with Gasteiger partial charge in [0.1, 0.15) is 23.8 Å². The molecule has 0 radical (unpaired) electrons. The molecule has 0 unspecified atom stereocenters. The molecule has 0 saturated carbocycles. The van der Waals surface area contributed by atoms with E-state index in [1.54, 1.807) is 21.4 Å². The van der Waals surface area contributed by atoms with E-state index in [1.807, 2.05) is 0 Å². The number of phenolic OH excluding ortho intramolecular Hbond substituents is 1. The number of morpholine rings is 1. The van der Waals surface area contributed by atoms with Crippen LogP contribution in [-0.4, -0.2) is 69.5 Å². The summed E-state index contributed by atoms with van der Waals surface area (Å²) in [5.41, 5.74) is 1.21. The number of aromatic nitrogens is 4. The molecule has 0 bridgehead atoms. The van der Waals surface area contributed by atoms with Crippen LogP contribution < -0.4 is 25.2 Å². The Balaban J connectivity index is 1.29. The number of hydrogen-bond donors (Lipinski definition) is 2. The molecular weight excluding hydrogens is 568 g/mol. The number of pyridine rings is 1. The van der Waals surface area contributed by atoms with Gasteiger partial charge in [0.05, 0.1) is 41.1 Å². The van der Waals surface area contributed by atoms with Gasteiger partial charge < -0.3 is 34.1 Å². The summed E-state index contributed by atoms with van der Waals surface area (Å²) in [5, 5.41) is 13.9. The monoisotopic (exact) mass is 592 g/mol. The Morgan fingerprint density at radius 2 is 1.95 bits per heavy atom. The predicted molar refractivity (Wildman–Crippen MR) is 152 cm³/mol. The van der Waals surface area contributed by atoms with E-state index in [9.17, 15) is 19.5 Å². The number of halogens is 1. The number of fused-ring (bicyclic) bond motifs is 3. The number of aromatic hydroxyl groups is 1. The molecule has 42 heavy (non-hydrogen) atoms. The quantitative estimate of drug-likeness (QED) is 0.320. The van der Waals surface area contributed by atoms with E-state index in [-0.39, 0.29) is 52.1 Å². The molecule has 1 aromatic carbocycles. The lowest BCUT2D eigenvalue weighted by atomic mass is 10.0. The van der Waals surface area contributed by atoms with Crippen molar-refractivity contribution in [2.45, 2.75) is 25.9 Å². The molecular formula is C28H25ClN6O7. The summed E-state index contributed by atoms with van der Waals surface area (Å²) in [6.07, 6.45) is 5.03. The van der Waals surface area contributed by atoms with Gasteiger partial charge in [0.15, 0.2) is 17.8 Å². The number of ether oxygens (including phenoxy) is 3.